The molecule has 2 atom stereocenters. The number of amides is 3. The summed E-state index contributed by atoms with van der Waals surface area (Å²) in [6.45, 7) is 11.9. The topological polar surface area (TPSA) is 87.7 Å². The highest BCUT2D eigenvalue weighted by atomic mass is 32.2. The van der Waals surface area contributed by atoms with Crippen molar-refractivity contribution in [3.8, 4) is 0 Å². The summed E-state index contributed by atoms with van der Waals surface area (Å²) in [5, 5.41) is 5.72. The molecule has 2 unspecified atom stereocenters. The van der Waals surface area contributed by atoms with Crippen molar-refractivity contribution in [3.63, 3.8) is 0 Å². The van der Waals surface area contributed by atoms with Crippen molar-refractivity contribution in [2.75, 3.05) is 25.6 Å². The van der Waals surface area contributed by atoms with E-state index in [1.54, 1.807) is 39.6 Å². The highest BCUT2D eigenvalue weighted by Crippen LogP contribution is 2.25. The van der Waals surface area contributed by atoms with Gasteiger partial charge in [0.15, 0.2) is 0 Å². The van der Waals surface area contributed by atoms with Crippen LogP contribution in [-0.2, 0) is 14.3 Å². The van der Waals surface area contributed by atoms with Crippen molar-refractivity contribution in [1.82, 2.24) is 15.5 Å². The Kier molecular flexibility index (Phi) is 12.5. The summed E-state index contributed by atoms with van der Waals surface area (Å²) in [4.78, 5) is 40.8. The number of likely N-dealkylation sites (N-methyl/N-ethyl adjacent to an activating group) is 1. The standard InChI is InChI=1S/C26H43N3O4S/c1-9-10-11-15-27-23(30)22(20-13-12-18(2)17-19(20)3)29(7)24(31)21(14-16-34-8)28-25(32)33-26(4,5)6/h12-13,17,21-22H,9-11,14-16H2,1-8H3,(H,27,30)(H,28,32). The molecular weight excluding hydrogens is 450 g/mol. The maximum absolute atomic E-state index is 13.6. The number of aryl methyl sites for hydroxylation is 2. The lowest BCUT2D eigenvalue weighted by molar-refractivity contribution is -0.140. The number of nitrogens with one attached hydrogen (secondary N) is 2. The Labute approximate surface area is 209 Å². The number of thioether (sulfide) groups is 1. The van der Waals surface area contributed by atoms with Gasteiger partial charge in [-0.15, -0.1) is 0 Å². The molecule has 0 bridgehead atoms. The van der Waals surface area contributed by atoms with Gasteiger partial charge in [0.05, 0.1) is 0 Å². The molecule has 1 aromatic rings. The quantitative estimate of drug-likeness (QED) is 0.410. The van der Waals surface area contributed by atoms with Gasteiger partial charge in [-0.2, -0.15) is 11.8 Å². The second-order valence-corrected chi connectivity index (χ2v) is 10.7. The third-order valence-corrected chi connectivity index (χ3v) is 6.03. The minimum Gasteiger partial charge on any atom is -0.444 e. The zero-order valence-electron chi connectivity index (χ0n) is 22.1. The smallest absolute Gasteiger partial charge is 0.408 e. The molecule has 2 N–H and O–H groups in total. The van der Waals surface area contributed by atoms with E-state index in [1.165, 1.54) is 4.90 Å². The number of hydrogen-bond acceptors (Lipinski definition) is 5. The summed E-state index contributed by atoms with van der Waals surface area (Å²) in [5.41, 5.74) is 2.12. The normalized spacial score (nSPS) is 13.1. The number of nitrogens with zero attached hydrogens (tertiary/aromatic N) is 1. The van der Waals surface area contributed by atoms with Gasteiger partial charge < -0.3 is 20.3 Å². The van der Waals surface area contributed by atoms with Gasteiger partial charge in [-0.25, -0.2) is 4.79 Å². The first kappa shape index (κ1) is 29.8. The van der Waals surface area contributed by atoms with Crippen molar-refractivity contribution in [2.45, 2.75) is 84.9 Å². The van der Waals surface area contributed by atoms with Crippen LogP contribution in [0.3, 0.4) is 0 Å². The van der Waals surface area contributed by atoms with E-state index in [0.29, 0.717) is 18.7 Å². The van der Waals surface area contributed by atoms with Gasteiger partial charge in [-0.05, 0) is 70.6 Å². The molecule has 0 saturated carbocycles. The number of rotatable bonds is 12. The molecule has 0 radical (unpaired) electrons. The summed E-state index contributed by atoms with van der Waals surface area (Å²) in [5.74, 6) is 0.130. The number of carbonyl (C=O) groups is 3. The average Bonchev–Trinajstić information content (AvgIpc) is 2.74. The molecule has 3 amide bonds. The molecule has 0 aromatic heterocycles. The van der Waals surface area contributed by atoms with Crippen LogP contribution in [0.5, 0.6) is 0 Å². The van der Waals surface area contributed by atoms with Gasteiger partial charge in [-0.3, -0.25) is 9.59 Å². The van der Waals surface area contributed by atoms with Crippen LogP contribution >= 0.6 is 11.8 Å². The molecule has 0 spiro atoms. The predicted octanol–water partition coefficient (Wildman–Crippen LogP) is 4.76. The molecule has 1 rings (SSSR count). The van der Waals surface area contributed by atoms with Crippen molar-refractivity contribution in [3.05, 3.63) is 34.9 Å². The largest absolute Gasteiger partial charge is 0.444 e. The first-order valence-corrected chi connectivity index (χ1v) is 13.4. The van der Waals surface area contributed by atoms with Gasteiger partial charge in [0.2, 0.25) is 11.8 Å². The van der Waals surface area contributed by atoms with Crippen molar-refractivity contribution in [1.29, 1.82) is 0 Å². The van der Waals surface area contributed by atoms with E-state index < -0.39 is 23.8 Å². The third kappa shape index (κ3) is 9.95. The van der Waals surface area contributed by atoms with E-state index in [4.69, 9.17) is 4.74 Å². The Morgan fingerprint density at radius 1 is 1.15 bits per heavy atom. The zero-order valence-corrected chi connectivity index (χ0v) is 22.9. The van der Waals surface area contributed by atoms with Crippen LogP contribution in [0.4, 0.5) is 4.79 Å². The first-order valence-electron chi connectivity index (χ1n) is 12.0. The fourth-order valence-electron chi connectivity index (χ4n) is 3.66. The van der Waals surface area contributed by atoms with E-state index in [0.717, 1.165) is 36.0 Å². The van der Waals surface area contributed by atoms with Crippen LogP contribution in [0.25, 0.3) is 0 Å². The highest BCUT2D eigenvalue weighted by molar-refractivity contribution is 7.98. The predicted molar refractivity (Wildman–Crippen MR) is 140 cm³/mol. The lowest BCUT2D eigenvalue weighted by atomic mass is 9.96. The summed E-state index contributed by atoms with van der Waals surface area (Å²) in [7, 11) is 1.63. The van der Waals surface area contributed by atoms with Crippen molar-refractivity contribution in [2.24, 2.45) is 0 Å². The first-order chi connectivity index (χ1) is 15.9. The van der Waals surface area contributed by atoms with Crippen molar-refractivity contribution < 1.29 is 19.1 Å². The Balaban J connectivity index is 3.21. The number of benzene rings is 1. The van der Waals surface area contributed by atoms with Crippen LogP contribution in [-0.4, -0.2) is 60.1 Å². The molecule has 1 aromatic carbocycles. The summed E-state index contributed by atoms with van der Waals surface area (Å²) in [6.07, 6.45) is 4.70. The summed E-state index contributed by atoms with van der Waals surface area (Å²) in [6, 6.07) is 4.26. The Morgan fingerprint density at radius 2 is 1.82 bits per heavy atom. The minimum atomic E-state index is -0.799. The summed E-state index contributed by atoms with van der Waals surface area (Å²) >= 11 is 1.59. The lowest BCUT2D eigenvalue weighted by Crippen LogP contribution is -2.52. The van der Waals surface area contributed by atoms with E-state index in [1.807, 2.05) is 38.3 Å². The number of ether oxygens (including phenoxy) is 1. The molecular formula is C26H43N3O4S. The fraction of sp³-hybridized carbons (Fsp3) is 0.654. The fourth-order valence-corrected chi connectivity index (χ4v) is 4.13. The van der Waals surface area contributed by atoms with E-state index in [9.17, 15) is 14.4 Å². The van der Waals surface area contributed by atoms with Gasteiger partial charge in [-0.1, -0.05) is 43.5 Å². The number of carbonyl (C=O) groups excluding carboxylic acids is 3. The molecule has 0 heterocycles. The molecule has 0 aliphatic carbocycles. The van der Waals surface area contributed by atoms with Gasteiger partial charge >= 0.3 is 6.09 Å². The summed E-state index contributed by atoms with van der Waals surface area (Å²) < 4.78 is 5.37. The van der Waals surface area contributed by atoms with Crippen molar-refractivity contribution >= 4 is 29.7 Å². The van der Waals surface area contributed by atoms with Gasteiger partial charge in [0.25, 0.3) is 0 Å². The van der Waals surface area contributed by atoms with Crippen LogP contribution in [0, 0.1) is 13.8 Å². The van der Waals surface area contributed by atoms with Crippen LogP contribution in [0.1, 0.15) is 76.1 Å². The minimum absolute atomic E-state index is 0.222. The monoisotopic (exact) mass is 493 g/mol. The number of hydrogen-bond donors (Lipinski definition) is 2. The molecule has 192 valence electrons. The van der Waals surface area contributed by atoms with Crippen LogP contribution in [0.2, 0.25) is 0 Å². The SMILES string of the molecule is CCCCCNC(=O)C(c1ccc(C)cc1C)N(C)C(=O)C(CCSC)NC(=O)OC(C)(C)C. The highest BCUT2D eigenvalue weighted by Gasteiger charge is 2.34. The Morgan fingerprint density at radius 3 is 2.38 bits per heavy atom. The zero-order chi connectivity index (χ0) is 25.9. The van der Waals surface area contributed by atoms with Gasteiger partial charge in [0, 0.05) is 13.6 Å². The molecule has 8 heteroatoms. The van der Waals surface area contributed by atoms with Crippen LogP contribution < -0.4 is 10.6 Å². The number of alkyl carbamates (subject to hydrolysis) is 1. The Bertz CT molecular complexity index is 823. The molecule has 34 heavy (non-hydrogen) atoms. The molecule has 7 nitrogen and oxygen atoms in total. The molecule has 0 aliphatic rings. The second kappa shape index (κ2) is 14.2. The van der Waals surface area contributed by atoms with E-state index >= 15 is 0 Å². The molecule has 0 aliphatic heterocycles. The van der Waals surface area contributed by atoms with Crippen LogP contribution in [0.15, 0.2) is 18.2 Å². The molecule has 0 fully saturated rings. The van der Waals surface area contributed by atoms with E-state index in [2.05, 4.69) is 17.6 Å². The molecule has 0 saturated heterocycles. The maximum atomic E-state index is 13.6. The third-order valence-electron chi connectivity index (χ3n) is 5.38. The maximum Gasteiger partial charge on any atom is 0.408 e. The lowest BCUT2D eigenvalue weighted by Gasteiger charge is -2.32. The second-order valence-electron chi connectivity index (χ2n) is 9.69. The Hall–Kier alpha value is -2.22. The number of unbranched alkanes of at least 4 members (excludes halogenated alkanes) is 2. The van der Waals surface area contributed by atoms with E-state index in [-0.39, 0.29) is 11.8 Å². The average molecular weight is 494 g/mol. The van der Waals surface area contributed by atoms with Gasteiger partial charge in [0.1, 0.15) is 17.7 Å².